The van der Waals surface area contributed by atoms with Gasteiger partial charge in [-0.05, 0) is 78.4 Å². The van der Waals surface area contributed by atoms with Gasteiger partial charge in [-0.3, -0.25) is 29.1 Å². The molecule has 0 saturated heterocycles. The number of aromatic nitrogens is 4. The number of aliphatic imine (C=N–C) groups is 1. The van der Waals surface area contributed by atoms with Gasteiger partial charge in [-0.1, -0.05) is 30.0 Å². The van der Waals surface area contributed by atoms with Crippen molar-refractivity contribution in [3.05, 3.63) is 142 Å². The molecular formula is C38H24N6O2. The summed E-state index contributed by atoms with van der Waals surface area (Å²) in [6.07, 6.45) is 5.37. The summed E-state index contributed by atoms with van der Waals surface area (Å²) in [5, 5.41) is 2.38. The molecule has 0 saturated carbocycles. The molecule has 0 N–H and O–H groups in total. The average molecular weight is 597 g/mol. The molecule has 3 aromatic heterocycles. The molecule has 0 spiro atoms. The topological polar surface area (TPSA) is 93.3 Å². The van der Waals surface area contributed by atoms with E-state index in [1.165, 1.54) is 4.57 Å². The number of benzene rings is 4. The van der Waals surface area contributed by atoms with Crippen LogP contribution in [0, 0.1) is 11.8 Å². The Kier molecular flexibility index (Phi) is 6.26. The molecule has 1 aliphatic heterocycles. The average Bonchev–Trinajstić information content (AvgIpc) is 3.37. The van der Waals surface area contributed by atoms with Crippen LogP contribution in [0.25, 0.3) is 38.4 Å². The van der Waals surface area contributed by atoms with Gasteiger partial charge in [0.15, 0.2) is 5.82 Å². The number of hydrogen-bond acceptors (Lipinski definition) is 7. The molecule has 4 aromatic carbocycles. The highest BCUT2D eigenvalue weighted by Crippen LogP contribution is 2.31. The summed E-state index contributed by atoms with van der Waals surface area (Å²) in [6.45, 7) is 0. The van der Waals surface area contributed by atoms with Gasteiger partial charge in [0.25, 0.3) is 5.56 Å². The quantitative estimate of drug-likeness (QED) is 0.136. The Morgan fingerprint density at radius 3 is 2.37 bits per heavy atom. The Hall–Kier alpha value is -6.46. The third-order valence-electron chi connectivity index (χ3n) is 8.11. The zero-order valence-electron chi connectivity index (χ0n) is 24.9. The SMILES string of the molecule is CN(C)c1ccc2nc3n(c(=O)c2c1)-c1cc(C#Cc2ccc(C=Nc4cc5cccnc5c5ncccc45)cc2)ccc1C3=O. The number of carbonyl (C=O) groups is 1. The van der Waals surface area contributed by atoms with Crippen LogP contribution >= 0.6 is 0 Å². The van der Waals surface area contributed by atoms with Crippen LogP contribution < -0.4 is 10.5 Å². The van der Waals surface area contributed by atoms with Crippen LogP contribution in [0.1, 0.15) is 32.9 Å². The van der Waals surface area contributed by atoms with E-state index in [0.717, 1.165) is 44.3 Å². The molecular weight excluding hydrogens is 572 g/mol. The normalized spacial score (nSPS) is 12.0. The van der Waals surface area contributed by atoms with E-state index in [4.69, 9.17) is 4.99 Å². The van der Waals surface area contributed by atoms with Gasteiger partial charge in [0, 0.05) is 60.3 Å². The monoisotopic (exact) mass is 596 g/mol. The highest BCUT2D eigenvalue weighted by atomic mass is 16.1. The molecule has 8 rings (SSSR count). The van der Waals surface area contributed by atoms with E-state index in [2.05, 4.69) is 26.8 Å². The smallest absolute Gasteiger partial charge is 0.266 e. The van der Waals surface area contributed by atoms with Crippen LogP contribution in [-0.4, -0.2) is 45.6 Å². The zero-order valence-corrected chi connectivity index (χ0v) is 24.9. The second-order valence-electron chi connectivity index (χ2n) is 11.2. The van der Waals surface area contributed by atoms with Crippen LogP contribution in [0.3, 0.4) is 0 Å². The van der Waals surface area contributed by atoms with E-state index >= 15 is 0 Å². The number of fused-ring (bicyclic) bond motifs is 7. The summed E-state index contributed by atoms with van der Waals surface area (Å²) in [4.78, 5) is 47.1. The number of rotatable bonds is 3. The molecule has 0 radical (unpaired) electrons. The summed E-state index contributed by atoms with van der Waals surface area (Å²) in [5.74, 6) is 6.23. The highest BCUT2D eigenvalue weighted by molar-refractivity contribution is 6.13. The molecule has 0 atom stereocenters. The van der Waals surface area contributed by atoms with Crippen LogP contribution in [0.5, 0.6) is 0 Å². The number of nitrogens with zero attached hydrogens (tertiary/aromatic N) is 6. The molecule has 1 aliphatic rings. The fraction of sp³-hybridized carbons (Fsp3) is 0.0526. The number of ketones is 1. The minimum absolute atomic E-state index is 0.122. The third kappa shape index (κ3) is 4.50. The second kappa shape index (κ2) is 10.6. The first-order chi connectivity index (χ1) is 22.4. The van der Waals surface area contributed by atoms with E-state index < -0.39 is 0 Å². The maximum atomic E-state index is 13.6. The summed E-state index contributed by atoms with van der Waals surface area (Å²) in [6, 6.07) is 28.4. The lowest BCUT2D eigenvalue weighted by atomic mass is 10.1. The molecule has 0 fully saturated rings. The van der Waals surface area contributed by atoms with Gasteiger partial charge in [0.1, 0.15) is 0 Å². The number of hydrogen-bond donors (Lipinski definition) is 0. The zero-order chi connectivity index (χ0) is 31.4. The third-order valence-corrected chi connectivity index (χ3v) is 8.11. The molecule has 0 amide bonds. The standard InChI is InChI=1S/C38H24N6O2/c1-43(2)27-14-16-31-30(21-27)38(46)44-33-19-24(13-15-29(33)36(45)37(44)42-31)10-7-23-8-11-25(12-9-23)22-41-32-20-26-5-3-17-39-34(26)35-28(32)6-4-18-40-35/h3-6,8-9,11-22H,1-2H3. The van der Waals surface area contributed by atoms with E-state index in [-0.39, 0.29) is 17.2 Å². The van der Waals surface area contributed by atoms with E-state index in [1.54, 1.807) is 42.7 Å². The van der Waals surface area contributed by atoms with Gasteiger partial charge < -0.3 is 4.90 Å². The minimum atomic E-state index is -0.275. The van der Waals surface area contributed by atoms with Gasteiger partial charge in [0.05, 0.1) is 38.9 Å². The summed E-state index contributed by atoms with van der Waals surface area (Å²) in [7, 11) is 3.82. The first-order valence-corrected chi connectivity index (χ1v) is 14.7. The van der Waals surface area contributed by atoms with Crippen LogP contribution in [0.4, 0.5) is 11.4 Å². The number of carbonyl (C=O) groups excluding carboxylic acids is 1. The first kappa shape index (κ1) is 27.1. The van der Waals surface area contributed by atoms with E-state index in [1.807, 2.05) is 85.9 Å². The van der Waals surface area contributed by atoms with Gasteiger partial charge in [-0.15, -0.1) is 0 Å². The minimum Gasteiger partial charge on any atom is -0.378 e. The lowest BCUT2D eigenvalue weighted by molar-refractivity contribution is 0.103. The number of anilines is 1. The fourth-order valence-electron chi connectivity index (χ4n) is 5.74. The van der Waals surface area contributed by atoms with Crippen molar-refractivity contribution in [3.63, 3.8) is 0 Å². The van der Waals surface area contributed by atoms with Crippen molar-refractivity contribution < 1.29 is 4.79 Å². The van der Waals surface area contributed by atoms with Gasteiger partial charge >= 0.3 is 0 Å². The predicted octanol–water partition coefficient (Wildman–Crippen LogP) is 6.24. The molecule has 0 bridgehead atoms. The van der Waals surface area contributed by atoms with Crippen LogP contribution in [-0.2, 0) is 0 Å². The maximum Gasteiger partial charge on any atom is 0.266 e. The van der Waals surface area contributed by atoms with Crippen molar-refractivity contribution >= 4 is 56.1 Å². The van der Waals surface area contributed by atoms with Gasteiger partial charge in [0.2, 0.25) is 5.78 Å². The first-order valence-electron chi connectivity index (χ1n) is 14.7. The largest absolute Gasteiger partial charge is 0.378 e. The molecule has 8 nitrogen and oxygen atoms in total. The molecule has 46 heavy (non-hydrogen) atoms. The highest BCUT2D eigenvalue weighted by Gasteiger charge is 2.30. The molecule has 0 aliphatic carbocycles. The van der Waals surface area contributed by atoms with Crippen LogP contribution in [0.15, 0.2) is 113 Å². The lowest BCUT2D eigenvalue weighted by Crippen LogP contribution is -2.22. The van der Waals surface area contributed by atoms with Crippen molar-refractivity contribution in [1.29, 1.82) is 0 Å². The Morgan fingerprint density at radius 1 is 0.783 bits per heavy atom. The molecule has 0 unspecified atom stereocenters. The second-order valence-corrected chi connectivity index (χ2v) is 11.2. The predicted molar refractivity (Wildman–Crippen MR) is 182 cm³/mol. The Bertz CT molecular complexity index is 2560. The number of pyridine rings is 2. The van der Waals surface area contributed by atoms with E-state index in [9.17, 15) is 9.59 Å². The summed E-state index contributed by atoms with van der Waals surface area (Å²) >= 11 is 0. The van der Waals surface area contributed by atoms with Crippen LogP contribution in [0.2, 0.25) is 0 Å². The molecule has 218 valence electrons. The Labute approximate surface area is 263 Å². The molecule has 7 aromatic rings. The molecule has 8 heteroatoms. The summed E-state index contributed by atoms with van der Waals surface area (Å²) in [5.41, 5.74) is 6.98. The van der Waals surface area contributed by atoms with Crippen molar-refractivity contribution in [2.24, 2.45) is 4.99 Å². The maximum absolute atomic E-state index is 13.6. The fourth-order valence-corrected chi connectivity index (χ4v) is 5.74. The van der Waals surface area contributed by atoms with Crippen molar-refractivity contribution in [2.75, 3.05) is 19.0 Å². The van der Waals surface area contributed by atoms with Crippen molar-refractivity contribution in [1.82, 2.24) is 19.5 Å². The Balaban J connectivity index is 1.08. The van der Waals surface area contributed by atoms with Crippen molar-refractivity contribution in [3.8, 4) is 17.5 Å². The van der Waals surface area contributed by atoms with Gasteiger partial charge in [-0.25, -0.2) is 4.98 Å². The van der Waals surface area contributed by atoms with Crippen molar-refractivity contribution in [2.45, 2.75) is 0 Å². The van der Waals surface area contributed by atoms with E-state index in [0.29, 0.717) is 27.7 Å². The summed E-state index contributed by atoms with van der Waals surface area (Å²) < 4.78 is 1.41. The Morgan fingerprint density at radius 2 is 1.54 bits per heavy atom. The molecule has 4 heterocycles. The van der Waals surface area contributed by atoms with Gasteiger partial charge in [-0.2, -0.15) is 0 Å². The lowest BCUT2D eigenvalue weighted by Gasteiger charge is -2.13.